The fourth-order valence-electron chi connectivity index (χ4n) is 1.32. The molecule has 1 aliphatic heterocycles. The molecule has 0 spiro atoms. The first-order valence-electron chi connectivity index (χ1n) is 4.46. The van der Waals surface area contributed by atoms with Gasteiger partial charge in [0.25, 0.3) is 0 Å². The molecule has 5 heteroatoms. The molecule has 3 nitrogen and oxygen atoms in total. The predicted octanol–water partition coefficient (Wildman–Crippen LogP) is 1.80. The molecule has 1 fully saturated rings. The summed E-state index contributed by atoms with van der Waals surface area (Å²) in [5, 5.41) is 8.90. The van der Waals surface area contributed by atoms with Gasteiger partial charge in [-0.2, -0.15) is 0 Å². The SMILES string of the molecule is O=C(O)CCCCC1CC[S@@](=O)S1. The molecule has 0 radical (unpaired) electrons. The van der Waals surface area contributed by atoms with Gasteiger partial charge in [0.2, 0.25) is 0 Å². The van der Waals surface area contributed by atoms with Crippen LogP contribution in [0.25, 0.3) is 0 Å². The zero-order valence-corrected chi connectivity index (χ0v) is 9.03. The number of carboxylic acid groups (broad SMARTS) is 1. The summed E-state index contributed by atoms with van der Waals surface area (Å²) in [6.45, 7) is 0. The van der Waals surface area contributed by atoms with Gasteiger partial charge in [-0.05, 0) is 19.3 Å². The Bertz CT molecular complexity index is 206. The number of carboxylic acids is 1. The molecule has 1 aliphatic rings. The van der Waals surface area contributed by atoms with E-state index in [0.29, 0.717) is 5.25 Å². The van der Waals surface area contributed by atoms with Crippen LogP contribution in [-0.4, -0.2) is 26.3 Å². The van der Waals surface area contributed by atoms with Crippen LogP contribution in [0, 0.1) is 0 Å². The van der Waals surface area contributed by atoms with E-state index >= 15 is 0 Å². The lowest BCUT2D eigenvalue weighted by Crippen LogP contribution is -1.99. The van der Waals surface area contributed by atoms with Gasteiger partial charge < -0.3 is 5.11 Å². The molecule has 2 atom stereocenters. The average Bonchev–Trinajstić information content (AvgIpc) is 2.45. The molecule has 0 aromatic carbocycles. The van der Waals surface area contributed by atoms with E-state index in [9.17, 15) is 9.00 Å². The number of rotatable bonds is 5. The van der Waals surface area contributed by atoms with Crippen molar-refractivity contribution < 1.29 is 14.1 Å². The second kappa shape index (κ2) is 5.65. The summed E-state index contributed by atoms with van der Waals surface area (Å²) in [6.07, 6.45) is 4.01. The van der Waals surface area contributed by atoms with Crippen LogP contribution < -0.4 is 0 Å². The summed E-state index contributed by atoms with van der Waals surface area (Å²) in [5.41, 5.74) is 0. The van der Waals surface area contributed by atoms with Crippen molar-refractivity contribution in [3.63, 3.8) is 0 Å². The fraction of sp³-hybridized carbons (Fsp3) is 0.875. The smallest absolute Gasteiger partial charge is 0.303 e. The zero-order valence-electron chi connectivity index (χ0n) is 7.40. The normalized spacial score (nSPS) is 27.7. The van der Waals surface area contributed by atoms with Gasteiger partial charge in [0.1, 0.15) is 0 Å². The predicted molar refractivity (Wildman–Crippen MR) is 55.1 cm³/mol. The number of aliphatic carboxylic acids is 1. The number of hydrogen-bond acceptors (Lipinski definition) is 3. The van der Waals surface area contributed by atoms with E-state index in [1.165, 1.54) is 0 Å². The van der Waals surface area contributed by atoms with E-state index in [0.717, 1.165) is 31.4 Å². The summed E-state index contributed by atoms with van der Waals surface area (Å²) in [6, 6.07) is 0. The molecule has 1 saturated heterocycles. The molecule has 0 aliphatic carbocycles. The Kier molecular flexibility index (Phi) is 4.80. The first-order chi connectivity index (χ1) is 6.18. The lowest BCUT2D eigenvalue weighted by atomic mass is 10.1. The van der Waals surface area contributed by atoms with Gasteiger partial charge in [-0.25, -0.2) is 4.21 Å². The van der Waals surface area contributed by atoms with Crippen molar-refractivity contribution in [1.29, 1.82) is 0 Å². The molecule has 13 heavy (non-hydrogen) atoms. The van der Waals surface area contributed by atoms with Crippen molar-refractivity contribution in [3.8, 4) is 0 Å². The van der Waals surface area contributed by atoms with Gasteiger partial charge in [0, 0.05) is 17.4 Å². The maximum atomic E-state index is 11.0. The third kappa shape index (κ3) is 4.67. The second-order valence-corrected chi connectivity index (χ2v) is 6.72. The molecule has 0 bridgehead atoms. The van der Waals surface area contributed by atoms with Crippen LogP contribution in [0.2, 0.25) is 0 Å². The van der Waals surface area contributed by atoms with Crippen LogP contribution >= 0.6 is 10.8 Å². The Morgan fingerprint density at radius 1 is 1.54 bits per heavy atom. The Morgan fingerprint density at radius 2 is 2.31 bits per heavy atom. The summed E-state index contributed by atoms with van der Waals surface area (Å²) >= 11 is 0. The third-order valence-electron chi connectivity index (χ3n) is 2.02. The van der Waals surface area contributed by atoms with E-state index in [-0.39, 0.29) is 6.42 Å². The van der Waals surface area contributed by atoms with E-state index in [1.54, 1.807) is 10.8 Å². The van der Waals surface area contributed by atoms with E-state index in [1.807, 2.05) is 0 Å². The minimum Gasteiger partial charge on any atom is -0.481 e. The molecule has 1 unspecified atom stereocenters. The molecular weight excluding hydrogens is 208 g/mol. The summed E-state index contributed by atoms with van der Waals surface area (Å²) < 4.78 is 11.0. The van der Waals surface area contributed by atoms with Gasteiger partial charge in [-0.3, -0.25) is 4.79 Å². The maximum Gasteiger partial charge on any atom is 0.303 e. The lowest BCUT2D eigenvalue weighted by molar-refractivity contribution is -0.137. The highest BCUT2D eigenvalue weighted by Crippen LogP contribution is 2.31. The summed E-state index contributed by atoms with van der Waals surface area (Å²) in [5.74, 6) is 0.0940. The summed E-state index contributed by atoms with van der Waals surface area (Å²) in [7, 11) is 0.882. The minimum absolute atomic E-state index is 0.264. The Balaban J connectivity index is 2.00. The standard InChI is InChI=1S/C8H14O3S2/c9-8(10)4-2-1-3-7-5-6-13(11)12-7/h7H,1-6H2,(H,9,10)/t7?,13-/m0/s1. The third-order valence-corrected chi connectivity index (χ3v) is 5.50. The molecule has 76 valence electrons. The molecule has 0 aromatic heterocycles. The minimum atomic E-state index is -0.720. The monoisotopic (exact) mass is 222 g/mol. The van der Waals surface area contributed by atoms with Crippen molar-refractivity contribution in [2.45, 2.75) is 37.4 Å². The Hall–Kier alpha value is -0.0300. The van der Waals surface area contributed by atoms with Gasteiger partial charge in [-0.15, -0.1) is 0 Å². The van der Waals surface area contributed by atoms with Crippen molar-refractivity contribution >= 4 is 26.6 Å². The van der Waals surface area contributed by atoms with Crippen molar-refractivity contribution in [3.05, 3.63) is 0 Å². The van der Waals surface area contributed by atoms with Gasteiger partial charge in [0.05, 0.1) is 9.83 Å². The van der Waals surface area contributed by atoms with Crippen LogP contribution in [0.3, 0.4) is 0 Å². The topological polar surface area (TPSA) is 54.4 Å². The van der Waals surface area contributed by atoms with Crippen molar-refractivity contribution in [1.82, 2.24) is 0 Å². The van der Waals surface area contributed by atoms with Crippen molar-refractivity contribution in [2.75, 3.05) is 5.75 Å². The van der Waals surface area contributed by atoms with Gasteiger partial charge in [-0.1, -0.05) is 17.2 Å². The zero-order chi connectivity index (χ0) is 9.68. The first-order valence-corrected chi connectivity index (χ1v) is 7.17. The lowest BCUT2D eigenvalue weighted by Gasteiger charge is -2.04. The highest BCUT2D eigenvalue weighted by Gasteiger charge is 2.21. The molecular formula is C8H14O3S2. The molecule has 0 aromatic rings. The number of unbranched alkanes of at least 4 members (excludes halogenated alkanes) is 1. The average molecular weight is 222 g/mol. The number of carbonyl (C=O) groups is 1. The maximum absolute atomic E-state index is 11.0. The van der Waals surface area contributed by atoms with Crippen LogP contribution in [0.5, 0.6) is 0 Å². The molecule has 0 amide bonds. The number of hydrogen-bond donors (Lipinski definition) is 1. The molecule has 1 heterocycles. The van der Waals surface area contributed by atoms with Gasteiger partial charge in [0.15, 0.2) is 0 Å². The van der Waals surface area contributed by atoms with E-state index in [4.69, 9.17) is 5.11 Å². The quantitative estimate of drug-likeness (QED) is 0.569. The first kappa shape index (κ1) is 11.0. The molecule has 1 N–H and O–H groups in total. The fourth-order valence-corrected chi connectivity index (χ4v) is 4.88. The molecule has 0 saturated carbocycles. The Labute approximate surface area is 84.1 Å². The van der Waals surface area contributed by atoms with Crippen LogP contribution in [0.1, 0.15) is 32.1 Å². The van der Waals surface area contributed by atoms with Crippen LogP contribution in [0.15, 0.2) is 0 Å². The van der Waals surface area contributed by atoms with E-state index < -0.39 is 15.8 Å². The Morgan fingerprint density at radius 3 is 2.85 bits per heavy atom. The largest absolute Gasteiger partial charge is 0.481 e. The highest BCUT2D eigenvalue weighted by atomic mass is 33.1. The van der Waals surface area contributed by atoms with Crippen LogP contribution in [-0.2, 0) is 14.6 Å². The van der Waals surface area contributed by atoms with E-state index in [2.05, 4.69) is 0 Å². The van der Waals surface area contributed by atoms with Crippen LogP contribution in [0.4, 0.5) is 0 Å². The van der Waals surface area contributed by atoms with Crippen molar-refractivity contribution in [2.24, 2.45) is 0 Å². The van der Waals surface area contributed by atoms with Gasteiger partial charge >= 0.3 is 5.97 Å². The molecule has 1 rings (SSSR count). The highest BCUT2D eigenvalue weighted by molar-refractivity contribution is 8.69. The second-order valence-electron chi connectivity index (χ2n) is 3.15. The summed E-state index contributed by atoms with van der Waals surface area (Å²) in [4.78, 5) is 10.2.